The summed E-state index contributed by atoms with van der Waals surface area (Å²) >= 11 is 2.20. The van der Waals surface area contributed by atoms with E-state index in [1.807, 2.05) is 55.6 Å². The van der Waals surface area contributed by atoms with E-state index in [1.165, 1.54) is 0 Å². The Kier molecular flexibility index (Phi) is 3.04. The molecule has 0 atom stereocenters. The maximum atomic E-state index is 12.5. The number of rotatable bonds is 1. The molecule has 2 aromatic carbocycles. The van der Waals surface area contributed by atoms with Crippen molar-refractivity contribution in [2.45, 2.75) is 0 Å². The second-order valence-electron chi connectivity index (χ2n) is 5.26. The number of hydrogen-bond donors (Lipinski definition) is 1. The zero-order valence-electron chi connectivity index (χ0n) is 11.8. The van der Waals surface area contributed by atoms with Gasteiger partial charge in [0.2, 0.25) is 0 Å². The highest BCUT2D eigenvalue weighted by Crippen LogP contribution is 2.36. The predicted octanol–water partition coefficient (Wildman–Crippen LogP) is 3.68. The fourth-order valence-electron chi connectivity index (χ4n) is 2.80. The number of amides is 1. The lowest BCUT2D eigenvalue weighted by Gasteiger charge is -2.07. The van der Waals surface area contributed by atoms with Crippen molar-refractivity contribution < 1.29 is 4.79 Å². The molecule has 1 amide bonds. The number of carbonyl (C=O) groups is 1. The van der Waals surface area contributed by atoms with Gasteiger partial charge >= 0.3 is 0 Å². The van der Waals surface area contributed by atoms with E-state index in [0.717, 1.165) is 37.0 Å². The first-order valence-corrected chi connectivity index (χ1v) is 7.96. The Hall–Kier alpha value is -2.15. The second-order valence-corrected chi connectivity index (χ2v) is 6.28. The Balaban J connectivity index is 1.86. The number of halogens is 1. The lowest BCUT2D eigenvalue weighted by Crippen LogP contribution is -2.20. The second kappa shape index (κ2) is 4.95. The molecule has 0 bridgehead atoms. The molecule has 5 heteroatoms. The van der Waals surface area contributed by atoms with E-state index in [2.05, 4.69) is 32.8 Å². The van der Waals surface area contributed by atoms with Crippen LogP contribution in [0, 0.1) is 3.70 Å². The molecule has 2 heterocycles. The Morgan fingerprint density at radius 1 is 1.23 bits per heavy atom. The molecule has 4 nitrogen and oxygen atoms in total. The van der Waals surface area contributed by atoms with Crippen molar-refractivity contribution >= 4 is 56.7 Å². The van der Waals surface area contributed by atoms with E-state index in [9.17, 15) is 4.79 Å². The third-order valence-corrected chi connectivity index (χ3v) is 4.76. The molecule has 3 aromatic rings. The van der Waals surface area contributed by atoms with Crippen molar-refractivity contribution in [1.29, 1.82) is 0 Å². The number of aromatic nitrogens is 2. The lowest BCUT2D eigenvalue weighted by atomic mass is 10.0. The van der Waals surface area contributed by atoms with Gasteiger partial charge in [0.1, 0.15) is 3.70 Å². The largest absolute Gasteiger partial charge is 0.311 e. The highest BCUT2D eigenvalue weighted by molar-refractivity contribution is 14.1. The standard InChI is InChI=1S/C17H12IN3O/c1-21-15-5-3-2-4-11(15)13(17(21)22)8-10-6-7-12-14(9-10)19-20-16(12)18/h2-9H,1H3,(H,19,20). The molecule has 1 aliphatic rings. The summed E-state index contributed by atoms with van der Waals surface area (Å²) in [4.78, 5) is 14.2. The summed E-state index contributed by atoms with van der Waals surface area (Å²) in [6.45, 7) is 0. The van der Waals surface area contributed by atoms with Gasteiger partial charge in [0.15, 0.2) is 0 Å². The first kappa shape index (κ1) is 13.5. The maximum Gasteiger partial charge on any atom is 0.258 e. The normalized spacial score (nSPS) is 15.8. The number of likely N-dealkylation sites (N-methyl/N-ethyl adjacent to an activating group) is 1. The van der Waals surface area contributed by atoms with Crippen LogP contribution in [0.4, 0.5) is 5.69 Å². The smallest absolute Gasteiger partial charge is 0.258 e. The third kappa shape index (κ3) is 1.96. The highest BCUT2D eigenvalue weighted by atomic mass is 127. The average molecular weight is 401 g/mol. The van der Waals surface area contributed by atoms with Crippen molar-refractivity contribution in [2.24, 2.45) is 0 Å². The predicted molar refractivity (Wildman–Crippen MR) is 96.5 cm³/mol. The molecule has 0 aliphatic carbocycles. The van der Waals surface area contributed by atoms with Gasteiger partial charge in [-0.1, -0.05) is 24.3 Å². The van der Waals surface area contributed by atoms with Crippen LogP contribution in [0.15, 0.2) is 42.5 Å². The number of nitrogens with zero attached hydrogens (tertiary/aromatic N) is 2. The number of H-pyrrole nitrogens is 1. The van der Waals surface area contributed by atoms with Crippen molar-refractivity contribution in [3.05, 3.63) is 57.3 Å². The van der Waals surface area contributed by atoms with Crippen molar-refractivity contribution in [2.75, 3.05) is 11.9 Å². The summed E-state index contributed by atoms with van der Waals surface area (Å²) < 4.78 is 0.953. The van der Waals surface area contributed by atoms with Crippen LogP contribution in [0.3, 0.4) is 0 Å². The minimum atomic E-state index is 0.0282. The number of hydrogen-bond acceptors (Lipinski definition) is 2. The van der Waals surface area contributed by atoms with Crippen LogP contribution in [0.1, 0.15) is 11.1 Å². The van der Waals surface area contributed by atoms with E-state index in [0.29, 0.717) is 0 Å². The van der Waals surface area contributed by atoms with Gasteiger partial charge in [0.25, 0.3) is 5.91 Å². The monoisotopic (exact) mass is 401 g/mol. The molecule has 0 spiro atoms. The van der Waals surface area contributed by atoms with Gasteiger partial charge in [-0.05, 0) is 52.4 Å². The van der Waals surface area contributed by atoms with Crippen LogP contribution in [0.25, 0.3) is 22.6 Å². The minimum Gasteiger partial charge on any atom is -0.311 e. The minimum absolute atomic E-state index is 0.0282. The Morgan fingerprint density at radius 2 is 2.05 bits per heavy atom. The summed E-state index contributed by atoms with van der Waals surface area (Å²) in [5, 5.41) is 8.30. The summed E-state index contributed by atoms with van der Waals surface area (Å²) in [7, 11) is 1.81. The first-order valence-electron chi connectivity index (χ1n) is 6.88. The van der Waals surface area contributed by atoms with Gasteiger partial charge in [-0.25, -0.2) is 0 Å². The molecular weight excluding hydrogens is 389 g/mol. The van der Waals surface area contributed by atoms with Crippen LogP contribution in [0.2, 0.25) is 0 Å². The number of carbonyl (C=O) groups excluding carboxylic acids is 1. The molecule has 1 aliphatic heterocycles. The van der Waals surface area contributed by atoms with Gasteiger partial charge in [-0.2, -0.15) is 5.10 Å². The van der Waals surface area contributed by atoms with Crippen LogP contribution >= 0.6 is 22.6 Å². The molecule has 1 N–H and O–H groups in total. The van der Waals surface area contributed by atoms with Crippen LogP contribution in [-0.4, -0.2) is 23.2 Å². The SMILES string of the molecule is CN1C(=O)C(=Cc2ccc3c(I)n[nH]c3c2)c2ccccc21. The number of anilines is 1. The van der Waals surface area contributed by atoms with Crippen LogP contribution in [0.5, 0.6) is 0 Å². The maximum absolute atomic E-state index is 12.5. The fraction of sp³-hybridized carbons (Fsp3) is 0.0588. The van der Waals surface area contributed by atoms with Gasteiger partial charge in [0, 0.05) is 23.6 Å². The van der Waals surface area contributed by atoms with Crippen molar-refractivity contribution in [3.8, 4) is 0 Å². The summed E-state index contributed by atoms with van der Waals surface area (Å²) in [5.41, 5.74) is 4.63. The molecule has 22 heavy (non-hydrogen) atoms. The summed E-state index contributed by atoms with van der Waals surface area (Å²) in [6, 6.07) is 13.9. The molecule has 0 saturated heterocycles. The van der Waals surface area contributed by atoms with E-state index >= 15 is 0 Å². The Morgan fingerprint density at radius 3 is 2.91 bits per heavy atom. The van der Waals surface area contributed by atoms with Gasteiger partial charge in [-0.15, -0.1) is 0 Å². The molecule has 0 fully saturated rings. The van der Waals surface area contributed by atoms with Crippen LogP contribution < -0.4 is 4.90 Å². The number of fused-ring (bicyclic) bond motifs is 2. The Bertz CT molecular complexity index is 942. The van der Waals surface area contributed by atoms with E-state index < -0.39 is 0 Å². The molecule has 1 aromatic heterocycles. The van der Waals surface area contributed by atoms with E-state index in [4.69, 9.17) is 0 Å². The van der Waals surface area contributed by atoms with Gasteiger partial charge in [0.05, 0.1) is 11.2 Å². The van der Waals surface area contributed by atoms with Gasteiger partial charge in [-0.3, -0.25) is 9.89 Å². The van der Waals surface area contributed by atoms with E-state index in [1.54, 1.807) is 4.90 Å². The topological polar surface area (TPSA) is 49.0 Å². The number of nitrogens with one attached hydrogen (secondary N) is 1. The third-order valence-electron chi connectivity index (χ3n) is 3.94. The molecule has 0 unspecified atom stereocenters. The van der Waals surface area contributed by atoms with Crippen molar-refractivity contribution in [3.63, 3.8) is 0 Å². The van der Waals surface area contributed by atoms with E-state index in [-0.39, 0.29) is 5.91 Å². The molecule has 4 rings (SSSR count). The summed E-state index contributed by atoms with van der Waals surface area (Å²) in [5.74, 6) is 0.0282. The fourth-order valence-corrected chi connectivity index (χ4v) is 3.39. The first-order chi connectivity index (χ1) is 10.6. The lowest BCUT2D eigenvalue weighted by molar-refractivity contribution is -0.112. The zero-order valence-corrected chi connectivity index (χ0v) is 14.0. The van der Waals surface area contributed by atoms with Gasteiger partial charge < -0.3 is 4.90 Å². The number of para-hydroxylation sites is 1. The molecule has 0 saturated carbocycles. The quantitative estimate of drug-likeness (QED) is 0.500. The number of aromatic amines is 1. The molecule has 0 radical (unpaired) electrons. The zero-order chi connectivity index (χ0) is 15.3. The highest BCUT2D eigenvalue weighted by Gasteiger charge is 2.28. The van der Waals surface area contributed by atoms with Crippen LogP contribution in [-0.2, 0) is 4.79 Å². The van der Waals surface area contributed by atoms with Crippen molar-refractivity contribution in [1.82, 2.24) is 10.2 Å². The molecular formula is C17H12IN3O. The number of benzene rings is 2. The molecule has 108 valence electrons. The Labute approximate surface area is 141 Å². The average Bonchev–Trinajstić information content (AvgIpc) is 3.02. The summed E-state index contributed by atoms with van der Waals surface area (Å²) in [6.07, 6.45) is 1.94.